The second-order valence-electron chi connectivity index (χ2n) is 9.54. The Morgan fingerprint density at radius 1 is 1.21 bits per heavy atom. The van der Waals surface area contributed by atoms with Gasteiger partial charge in [-0.15, -0.1) is 4.72 Å². The molecule has 2 heterocycles. The molecule has 2 aromatic heterocycles. The van der Waals surface area contributed by atoms with Crippen LogP contribution < -0.4 is 20.5 Å². The third-order valence-corrected chi connectivity index (χ3v) is 7.85. The van der Waals surface area contributed by atoms with Gasteiger partial charge in [0.15, 0.2) is 0 Å². The van der Waals surface area contributed by atoms with Crippen LogP contribution in [0.2, 0.25) is 5.02 Å². The summed E-state index contributed by atoms with van der Waals surface area (Å²) in [6.07, 6.45) is 8.14. The second-order valence-corrected chi connectivity index (χ2v) is 11.1. The van der Waals surface area contributed by atoms with E-state index >= 15 is 0 Å². The van der Waals surface area contributed by atoms with Crippen molar-refractivity contribution in [1.29, 1.82) is 0 Å². The van der Waals surface area contributed by atoms with E-state index in [1.165, 1.54) is 0 Å². The van der Waals surface area contributed by atoms with Crippen LogP contribution in [0.1, 0.15) is 30.4 Å². The first kappa shape index (κ1) is 26.4. The topological polar surface area (TPSA) is 112 Å². The van der Waals surface area contributed by atoms with Gasteiger partial charge in [0.2, 0.25) is 0 Å². The molecule has 1 fully saturated rings. The van der Waals surface area contributed by atoms with Crippen LogP contribution in [0.3, 0.4) is 0 Å². The van der Waals surface area contributed by atoms with Gasteiger partial charge in [-0.25, -0.2) is 9.51 Å². The number of nitrogens with one attached hydrogen (secondary N) is 2. The Kier molecular flexibility index (Phi) is 7.80. The first-order chi connectivity index (χ1) is 18.3. The van der Waals surface area contributed by atoms with Gasteiger partial charge in [-0.2, -0.15) is 5.10 Å². The van der Waals surface area contributed by atoms with E-state index in [4.69, 9.17) is 22.1 Å². The Hall–Kier alpha value is -3.24. The lowest BCUT2D eigenvalue weighted by Crippen LogP contribution is -2.33. The molecule has 0 radical (unpaired) electrons. The van der Waals surface area contributed by atoms with E-state index in [-0.39, 0.29) is 12.1 Å². The number of anilines is 1. The number of amidine groups is 1. The molecule has 3 unspecified atom stereocenters. The number of hydrogen-bond donors (Lipinski definition) is 3. The number of methoxy groups -OCH3 is 1. The highest BCUT2D eigenvalue weighted by molar-refractivity contribution is 7.88. The highest BCUT2D eigenvalue weighted by Crippen LogP contribution is 2.34. The molecule has 10 heteroatoms. The van der Waals surface area contributed by atoms with Crippen LogP contribution in [0, 0.1) is 6.92 Å². The molecule has 0 aliphatic heterocycles. The fraction of sp³-hybridized carbons (Fsp3) is 0.286. The summed E-state index contributed by atoms with van der Waals surface area (Å²) in [5, 5.41) is 8.92. The summed E-state index contributed by atoms with van der Waals surface area (Å²) in [6.45, 7) is 2.07. The first-order valence-electron chi connectivity index (χ1n) is 12.4. The van der Waals surface area contributed by atoms with Crippen LogP contribution in [0.15, 0.2) is 65.9 Å². The molecule has 0 amide bonds. The standard InChI is InChI=1S/C28H31ClN6O2S/c1-17-12-21(37-2)10-11-22(17)18-13-26-27(32-19-8-9-20(14-19)34-38(3)36)23(15-31-35(26)16-18)28(30)33-25-7-5-4-6-24(25)29/h4-7,10-13,15-16,19-20,32,34H,8-9,14H2,1-3H3,(H2,30,33). The fourth-order valence-corrected chi connectivity index (χ4v) is 5.89. The number of aryl methyl sites for hydroxylation is 1. The van der Waals surface area contributed by atoms with Crippen molar-refractivity contribution in [2.75, 3.05) is 18.7 Å². The molecule has 38 heavy (non-hydrogen) atoms. The number of aromatic nitrogens is 2. The Bertz CT molecular complexity index is 1490. The minimum Gasteiger partial charge on any atom is -0.598 e. The molecule has 0 spiro atoms. The van der Waals surface area contributed by atoms with Gasteiger partial charge in [-0.05, 0) is 67.6 Å². The SMILES string of the molecule is COc1ccc(-c2cc3c(NC4CCC(N[S+](C)[O-])C4)c(/C(N)=N/c4ccccc4Cl)cnn3c2)c(C)c1. The zero-order chi connectivity index (χ0) is 26.8. The van der Waals surface area contributed by atoms with Gasteiger partial charge >= 0.3 is 0 Å². The van der Waals surface area contributed by atoms with Crippen molar-refractivity contribution in [3.05, 3.63) is 77.1 Å². The van der Waals surface area contributed by atoms with Gasteiger partial charge in [0.05, 0.1) is 46.8 Å². The van der Waals surface area contributed by atoms with Gasteiger partial charge in [0.25, 0.3) is 0 Å². The largest absolute Gasteiger partial charge is 0.598 e. The smallest absolute Gasteiger partial charge is 0.135 e. The predicted molar refractivity (Wildman–Crippen MR) is 156 cm³/mol. The average molecular weight is 551 g/mol. The first-order valence-corrected chi connectivity index (χ1v) is 14.4. The Labute approximate surface area is 230 Å². The predicted octanol–water partition coefficient (Wildman–Crippen LogP) is 5.22. The molecule has 0 saturated heterocycles. The van der Waals surface area contributed by atoms with Crippen LogP contribution in [0.4, 0.5) is 11.4 Å². The van der Waals surface area contributed by atoms with Crippen LogP contribution in [0.5, 0.6) is 5.75 Å². The molecule has 1 saturated carbocycles. The molecule has 2 aromatic carbocycles. The number of aliphatic imine (C=N–C) groups is 1. The van der Waals surface area contributed by atoms with E-state index in [0.29, 0.717) is 22.1 Å². The minimum atomic E-state index is -1.05. The van der Waals surface area contributed by atoms with Crippen LogP contribution in [0.25, 0.3) is 16.6 Å². The second kappa shape index (κ2) is 11.2. The number of ether oxygens (including phenoxy) is 1. The van der Waals surface area contributed by atoms with E-state index in [2.05, 4.69) is 39.2 Å². The molecule has 1 aliphatic carbocycles. The van der Waals surface area contributed by atoms with E-state index < -0.39 is 11.4 Å². The summed E-state index contributed by atoms with van der Waals surface area (Å²) >= 11 is 5.30. The van der Waals surface area contributed by atoms with Gasteiger partial charge in [-0.1, -0.05) is 29.8 Å². The zero-order valence-corrected chi connectivity index (χ0v) is 23.1. The molecule has 0 bridgehead atoms. The van der Waals surface area contributed by atoms with Gasteiger partial charge in [-0.3, -0.25) is 0 Å². The van der Waals surface area contributed by atoms with Crippen molar-refractivity contribution in [2.45, 2.75) is 38.3 Å². The summed E-state index contributed by atoms with van der Waals surface area (Å²) in [5.74, 6) is 1.14. The maximum Gasteiger partial charge on any atom is 0.135 e. The quantitative estimate of drug-likeness (QED) is 0.157. The Morgan fingerprint density at radius 3 is 2.74 bits per heavy atom. The normalized spacial score (nSPS) is 18.6. The number of benzene rings is 2. The zero-order valence-electron chi connectivity index (χ0n) is 21.6. The van der Waals surface area contributed by atoms with Gasteiger partial charge in [0.1, 0.15) is 17.8 Å². The van der Waals surface area contributed by atoms with Crippen LogP contribution in [-0.4, -0.2) is 45.5 Å². The van der Waals surface area contributed by atoms with Gasteiger partial charge < -0.3 is 20.3 Å². The summed E-state index contributed by atoms with van der Waals surface area (Å²) in [6, 6.07) is 15.9. The third kappa shape index (κ3) is 5.61. The monoisotopic (exact) mass is 550 g/mol. The van der Waals surface area contributed by atoms with Crippen molar-refractivity contribution in [2.24, 2.45) is 10.7 Å². The third-order valence-electron chi connectivity index (χ3n) is 6.86. The van der Waals surface area contributed by atoms with Crippen molar-refractivity contribution >= 4 is 45.7 Å². The summed E-state index contributed by atoms with van der Waals surface area (Å²) in [7, 11) is 1.67. The molecule has 5 rings (SSSR count). The Morgan fingerprint density at radius 2 is 2.00 bits per heavy atom. The van der Waals surface area contributed by atoms with Crippen molar-refractivity contribution in [3.8, 4) is 16.9 Å². The van der Waals surface area contributed by atoms with Crippen LogP contribution >= 0.6 is 11.6 Å². The molecular weight excluding hydrogens is 520 g/mol. The highest BCUT2D eigenvalue weighted by atomic mass is 35.5. The van der Waals surface area contributed by atoms with E-state index in [0.717, 1.165) is 52.9 Å². The van der Waals surface area contributed by atoms with E-state index in [9.17, 15) is 4.55 Å². The molecule has 198 valence electrons. The highest BCUT2D eigenvalue weighted by Gasteiger charge is 2.28. The summed E-state index contributed by atoms with van der Waals surface area (Å²) in [5.41, 5.74) is 12.8. The molecule has 4 N–H and O–H groups in total. The van der Waals surface area contributed by atoms with Crippen molar-refractivity contribution in [3.63, 3.8) is 0 Å². The minimum absolute atomic E-state index is 0.176. The average Bonchev–Trinajstić information content (AvgIpc) is 3.52. The lowest BCUT2D eigenvalue weighted by Gasteiger charge is -2.19. The summed E-state index contributed by atoms with van der Waals surface area (Å²) < 4.78 is 22.1. The van der Waals surface area contributed by atoms with E-state index in [1.54, 1.807) is 25.6 Å². The number of para-hydroxylation sites is 1. The number of hydrogen-bond acceptors (Lipinski definition) is 6. The lowest BCUT2D eigenvalue weighted by atomic mass is 10.0. The number of halogens is 1. The number of nitrogens with two attached hydrogens (primary N) is 1. The molecule has 3 atom stereocenters. The van der Waals surface area contributed by atoms with E-state index in [1.807, 2.05) is 41.0 Å². The maximum absolute atomic E-state index is 11.7. The lowest BCUT2D eigenvalue weighted by molar-refractivity contribution is 0.414. The van der Waals surface area contributed by atoms with Crippen LogP contribution in [-0.2, 0) is 11.4 Å². The van der Waals surface area contributed by atoms with Gasteiger partial charge in [0, 0.05) is 29.2 Å². The molecule has 8 nitrogen and oxygen atoms in total. The molecule has 1 aliphatic rings. The van der Waals surface area contributed by atoms with Crippen molar-refractivity contribution < 1.29 is 9.29 Å². The Balaban J connectivity index is 1.58. The summed E-state index contributed by atoms with van der Waals surface area (Å²) in [4.78, 5) is 4.63. The molecule has 4 aromatic rings. The fourth-order valence-electron chi connectivity index (χ4n) is 5.03. The number of rotatable bonds is 8. The number of nitrogens with zero attached hydrogens (tertiary/aromatic N) is 3. The number of fused-ring (bicyclic) bond motifs is 1. The molecular formula is C28H31ClN6O2S. The maximum atomic E-state index is 11.7. The van der Waals surface area contributed by atoms with Crippen molar-refractivity contribution in [1.82, 2.24) is 14.3 Å².